The van der Waals surface area contributed by atoms with E-state index in [0.29, 0.717) is 12.5 Å². The Morgan fingerprint density at radius 3 is 2.38 bits per heavy atom. The smallest absolute Gasteiger partial charge is 0.254 e. The molecule has 0 heterocycles. The van der Waals surface area contributed by atoms with Crippen LogP contribution < -0.4 is 10.0 Å². The Morgan fingerprint density at radius 2 is 1.75 bits per heavy atom. The van der Waals surface area contributed by atoms with Gasteiger partial charge in [-0.1, -0.05) is 13.0 Å². The molecule has 0 aliphatic rings. The maximum absolute atomic E-state index is 13.8. The molecule has 2 aromatic rings. The SMILES string of the molecule is CCCN(CC(=O)Nc1ccc(F)c(F)c1F)C(=O)c1cccc(S(=O)(=O)NC(C)C)c1. The molecule has 32 heavy (non-hydrogen) atoms. The molecule has 0 saturated carbocycles. The van der Waals surface area contributed by atoms with Gasteiger partial charge in [0.05, 0.1) is 10.6 Å². The second kappa shape index (κ2) is 10.6. The van der Waals surface area contributed by atoms with E-state index >= 15 is 0 Å². The quantitative estimate of drug-likeness (QED) is 0.549. The second-order valence-corrected chi connectivity index (χ2v) is 9.02. The van der Waals surface area contributed by atoms with E-state index in [0.717, 1.165) is 11.0 Å². The Labute approximate surface area is 184 Å². The van der Waals surface area contributed by atoms with E-state index in [4.69, 9.17) is 0 Å². The van der Waals surface area contributed by atoms with Crippen LogP contribution in [-0.2, 0) is 14.8 Å². The van der Waals surface area contributed by atoms with Crippen molar-refractivity contribution >= 4 is 27.5 Å². The Kier molecular flexibility index (Phi) is 8.39. The lowest BCUT2D eigenvalue weighted by Crippen LogP contribution is -2.38. The van der Waals surface area contributed by atoms with Crippen molar-refractivity contribution in [3.8, 4) is 0 Å². The number of nitrogens with one attached hydrogen (secondary N) is 2. The first-order valence-corrected chi connectivity index (χ1v) is 11.3. The zero-order valence-corrected chi connectivity index (χ0v) is 18.6. The van der Waals surface area contributed by atoms with Crippen LogP contribution in [0.2, 0.25) is 0 Å². The van der Waals surface area contributed by atoms with Gasteiger partial charge in [-0.3, -0.25) is 9.59 Å². The number of carbonyl (C=O) groups excluding carboxylic acids is 2. The summed E-state index contributed by atoms with van der Waals surface area (Å²) < 4.78 is 67.4. The Balaban J connectivity index is 2.22. The van der Waals surface area contributed by atoms with Gasteiger partial charge in [0.2, 0.25) is 15.9 Å². The predicted octanol–water partition coefficient (Wildman–Crippen LogP) is 3.28. The van der Waals surface area contributed by atoms with Gasteiger partial charge >= 0.3 is 0 Å². The third kappa shape index (κ3) is 6.30. The minimum Gasteiger partial charge on any atom is -0.329 e. The van der Waals surface area contributed by atoms with Gasteiger partial charge in [-0.2, -0.15) is 0 Å². The Morgan fingerprint density at radius 1 is 1.06 bits per heavy atom. The first kappa shape index (κ1) is 25.3. The number of nitrogens with zero attached hydrogens (tertiary/aromatic N) is 1. The van der Waals surface area contributed by atoms with Crippen molar-refractivity contribution in [1.29, 1.82) is 0 Å². The van der Waals surface area contributed by atoms with Crippen LogP contribution >= 0.6 is 0 Å². The van der Waals surface area contributed by atoms with E-state index < -0.39 is 51.5 Å². The standard InChI is InChI=1S/C21H24F3N3O4S/c1-4-10-27(12-18(28)25-17-9-8-16(22)19(23)20(17)24)21(29)14-6-5-7-15(11-14)32(30,31)26-13(2)3/h5-9,11,13,26H,4,10,12H2,1-3H3,(H,25,28). The van der Waals surface area contributed by atoms with Crippen LogP contribution in [0.1, 0.15) is 37.6 Å². The van der Waals surface area contributed by atoms with Gasteiger partial charge in [-0.15, -0.1) is 0 Å². The van der Waals surface area contributed by atoms with Crippen molar-refractivity contribution in [3.63, 3.8) is 0 Å². The average Bonchev–Trinajstić information content (AvgIpc) is 2.72. The van der Waals surface area contributed by atoms with Crippen LogP contribution in [0.5, 0.6) is 0 Å². The van der Waals surface area contributed by atoms with Gasteiger partial charge in [-0.25, -0.2) is 26.3 Å². The summed E-state index contributed by atoms with van der Waals surface area (Å²) in [5.41, 5.74) is -0.525. The van der Waals surface area contributed by atoms with Gasteiger partial charge in [0.25, 0.3) is 5.91 Å². The highest BCUT2D eigenvalue weighted by molar-refractivity contribution is 7.89. The number of sulfonamides is 1. The molecule has 174 valence electrons. The molecule has 0 spiro atoms. The number of benzene rings is 2. The molecule has 0 bridgehead atoms. The van der Waals surface area contributed by atoms with Crippen molar-refractivity contribution in [2.75, 3.05) is 18.4 Å². The van der Waals surface area contributed by atoms with E-state index in [1.807, 2.05) is 0 Å². The van der Waals surface area contributed by atoms with E-state index in [1.165, 1.54) is 24.3 Å². The first-order valence-electron chi connectivity index (χ1n) is 9.81. The third-order valence-electron chi connectivity index (χ3n) is 4.21. The van der Waals surface area contributed by atoms with Crippen molar-refractivity contribution in [1.82, 2.24) is 9.62 Å². The second-order valence-electron chi connectivity index (χ2n) is 7.30. The Hall–Kier alpha value is -2.92. The van der Waals surface area contributed by atoms with Crippen molar-refractivity contribution in [2.45, 2.75) is 38.1 Å². The fraction of sp³-hybridized carbons (Fsp3) is 0.333. The van der Waals surface area contributed by atoms with Crippen molar-refractivity contribution in [2.24, 2.45) is 0 Å². The number of halogens is 3. The summed E-state index contributed by atoms with van der Waals surface area (Å²) in [4.78, 5) is 26.3. The van der Waals surface area contributed by atoms with Gasteiger partial charge < -0.3 is 10.2 Å². The van der Waals surface area contributed by atoms with E-state index in [2.05, 4.69) is 10.0 Å². The molecular formula is C21H24F3N3O4S. The lowest BCUT2D eigenvalue weighted by Gasteiger charge is -2.22. The van der Waals surface area contributed by atoms with Gasteiger partial charge in [0.15, 0.2) is 17.5 Å². The molecule has 2 N–H and O–H groups in total. The van der Waals surface area contributed by atoms with Crippen LogP contribution in [0, 0.1) is 17.5 Å². The molecule has 11 heteroatoms. The number of hydrogen-bond acceptors (Lipinski definition) is 4. The lowest BCUT2D eigenvalue weighted by atomic mass is 10.2. The zero-order chi connectivity index (χ0) is 24.1. The van der Waals surface area contributed by atoms with Crippen molar-refractivity contribution < 1.29 is 31.2 Å². The monoisotopic (exact) mass is 471 g/mol. The summed E-state index contributed by atoms with van der Waals surface area (Å²) in [6.45, 7) is 4.72. The molecule has 0 aliphatic carbocycles. The predicted molar refractivity (Wildman–Crippen MR) is 113 cm³/mol. The number of carbonyl (C=O) groups is 2. The largest absolute Gasteiger partial charge is 0.329 e. The number of amides is 2. The van der Waals surface area contributed by atoms with Gasteiger partial charge in [-0.05, 0) is 50.6 Å². The summed E-state index contributed by atoms with van der Waals surface area (Å²) in [5, 5.41) is 2.11. The molecule has 0 aromatic heterocycles. The molecule has 0 fully saturated rings. The molecule has 2 rings (SSSR count). The third-order valence-corrected chi connectivity index (χ3v) is 5.86. The zero-order valence-electron chi connectivity index (χ0n) is 17.8. The molecule has 0 saturated heterocycles. The molecule has 2 aromatic carbocycles. The highest BCUT2D eigenvalue weighted by atomic mass is 32.2. The van der Waals surface area contributed by atoms with Crippen LogP contribution in [0.3, 0.4) is 0 Å². The summed E-state index contributed by atoms with van der Waals surface area (Å²) in [6.07, 6.45) is 0.478. The summed E-state index contributed by atoms with van der Waals surface area (Å²) in [7, 11) is -3.84. The first-order chi connectivity index (χ1) is 15.0. The molecule has 2 amide bonds. The van der Waals surface area contributed by atoms with Crippen LogP contribution in [0.4, 0.5) is 18.9 Å². The van der Waals surface area contributed by atoms with E-state index in [9.17, 15) is 31.2 Å². The highest BCUT2D eigenvalue weighted by Crippen LogP contribution is 2.20. The summed E-state index contributed by atoms with van der Waals surface area (Å²) in [6, 6.07) is 6.53. The number of rotatable bonds is 9. The van der Waals surface area contributed by atoms with Crippen LogP contribution in [0.15, 0.2) is 41.3 Å². The van der Waals surface area contributed by atoms with Crippen molar-refractivity contribution in [3.05, 3.63) is 59.4 Å². The maximum atomic E-state index is 13.8. The summed E-state index contributed by atoms with van der Waals surface area (Å²) >= 11 is 0. The van der Waals surface area contributed by atoms with Crippen LogP contribution in [0.25, 0.3) is 0 Å². The molecule has 0 unspecified atom stereocenters. The number of anilines is 1. The molecule has 0 atom stereocenters. The lowest BCUT2D eigenvalue weighted by molar-refractivity contribution is -0.116. The highest BCUT2D eigenvalue weighted by Gasteiger charge is 2.23. The van der Waals surface area contributed by atoms with Gasteiger partial charge in [0, 0.05) is 18.2 Å². The fourth-order valence-corrected chi connectivity index (χ4v) is 4.16. The number of hydrogen-bond donors (Lipinski definition) is 2. The van der Waals surface area contributed by atoms with Crippen LogP contribution in [-0.4, -0.2) is 44.3 Å². The topological polar surface area (TPSA) is 95.6 Å². The van der Waals surface area contributed by atoms with E-state index in [-0.39, 0.29) is 23.0 Å². The normalized spacial score (nSPS) is 11.5. The Bertz CT molecular complexity index is 1110. The van der Waals surface area contributed by atoms with E-state index in [1.54, 1.807) is 20.8 Å². The minimum atomic E-state index is -3.84. The van der Waals surface area contributed by atoms with Gasteiger partial charge in [0.1, 0.15) is 6.54 Å². The summed E-state index contributed by atoms with van der Waals surface area (Å²) in [5.74, 6) is -6.12. The maximum Gasteiger partial charge on any atom is 0.254 e. The molecule has 0 aliphatic heterocycles. The fourth-order valence-electron chi connectivity index (χ4n) is 2.87. The molecule has 7 nitrogen and oxygen atoms in total. The minimum absolute atomic E-state index is 0.0388. The average molecular weight is 472 g/mol. The molecular weight excluding hydrogens is 447 g/mol. The molecule has 0 radical (unpaired) electrons.